The molecule has 0 amide bonds. The van der Waals surface area contributed by atoms with Crippen LogP contribution in [-0.2, 0) is 0 Å². The minimum Gasteiger partial charge on any atom is -0.256 e. The second-order valence-electron chi connectivity index (χ2n) is 1.17. The number of hydrogen-bond donors (Lipinski definition) is 1. The summed E-state index contributed by atoms with van der Waals surface area (Å²) in [7, 11) is 0.770. The maximum Gasteiger partial charge on any atom is 0.362 e. The van der Waals surface area contributed by atoms with Gasteiger partial charge in [-0.05, 0) is 7.05 Å². The zero-order chi connectivity index (χ0) is 6.78. The van der Waals surface area contributed by atoms with Gasteiger partial charge in [-0.3, -0.25) is 5.32 Å². The van der Waals surface area contributed by atoms with Gasteiger partial charge in [-0.1, -0.05) is 0 Å². The monoisotopic (exact) mass is 131 g/mol. The van der Waals surface area contributed by atoms with E-state index in [1.807, 2.05) is 0 Å². The van der Waals surface area contributed by atoms with Crippen LogP contribution in [0.15, 0.2) is 0 Å². The molecule has 0 spiro atoms. The second-order valence-corrected chi connectivity index (χ2v) is 1.17. The van der Waals surface area contributed by atoms with Crippen LogP contribution in [-0.4, -0.2) is 19.5 Å². The Bertz CT molecular complexity index is 71.7. The molecule has 0 saturated heterocycles. The van der Waals surface area contributed by atoms with Crippen molar-refractivity contribution in [3.05, 3.63) is 0 Å². The maximum atomic E-state index is 11.4. The zero-order valence-corrected chi connectivity index (χ0v) is 4.09. The van der Waals surface area contributed by atoms with Gasteiger partial charge < -0.3 is 0 Å². The summed E-state index contributed by atoms with van der Waals surface area (Å²) >= 11 is 0. The highest BCUT2D eigenvalue weighted by Gasteiger charge is 2.38. The fraction of sp³-hybridized carbons (Fsp3) is 1.00. The predicted octanol–water partition coefficient (Wildman–Crippen LogP) is 1.06. The molecule has 5 heteroatoms. The molecule has 0 aliphatic carbocycles. The highest BCUT2D eigenvalue weighted by Crippen LogP contribution is 2.17. The van der Waals surface area contributed by atoms with Crippen molar-refractivity contribution < 1.29 is 17.6 Å². The molecule has 1 nitrogen and oxygen atoms in total. The van der Waals surface area contributed by atoms with E-state index in [0.717, 1.165) is 12.4 Å². The standard InChI is InChI=1S/C3H5F4N/c1-8-3(6,7)2(4)5/h2,8H,1H3. The molecular formula is C3H5F4N. The van der Waals surface area contributed by atoms with E-state index in [1.54, 1.807) is 0 Å². The third-order valence-electron chi connectivity index (χ3n) is 0.607. The highest BCUT2D eigenvalue weighted by molar-refractivity contribution is 4.61. The highest BCUT2D eigenvalue weighted by atomic mass is 19.3. The summed E-state index contributed by atoms with van der Waals surface area (Å²) < 4.78 is 44.8. The number of nitrogens with one attached hydrogen (secondary N) is 1. The van der Waals surface area contributed by atoms with Crippen LogP contribution >= 0.6 is 0 Å². The predicted molar refractivity (Wildman–Crippen MR) is 20.0 cm³/mol. The van der Waals surface area contributed by atoms with Crippen LogP contribution < -0.4 is 5.32 Å². The van der Waals surface area contributed by atoms with Crippen LogP contribution in [0.5, 0.6) is 0 Å². The molecule has 0 aliphatic rings. The number of hydrogen-bond acceptors (Lipinski definition) is 1. The van der Waals surface area contributed by atoms with Gasteiger partial charge in [0.25, 0.3) is 0 Å². The lowest BCUT2D eigenvalue weighted by molar-refractivity contribution is -0.146. The van der Waals surface area contributed by atoms with Crippen molar-refractivity contribution in [1.29, 1.82) is 0 Å². The Morgan fingerprint density at radius 3 is 1.75 bits per heavy atom. The van der Waals surface area contributed by atoms with Crippen molar-refractivity contribution in [1.82, 2.24) is 5.32 Å². The first-order valence-corrected chi connectivity index (χ1v) is 1.85. The molecule has 0 aliphatic heterocycles. The normalized spacial score (nSPS) is 12.8. The summed E-state index contributed by atoms with van der Waals surface area (Å²) in [5, 5.41) is 1.16. The molecular weight excluding hydrogens is 126 g/mol. The van der Waals surface area contributed by atoms with Gasteiger partial charge in [0.05, 0.1) is 0 Å². The average molecular weight is 131 g/mol. The van der Waals surface area contributed by atoms with Gasteiger partial charge in [0.15, 0.2) is 0 Å². The van der Waals surface area contributed by atoms with Gasteiger partial charge in [0, 0.05) is 0 Å². The molecule has 0 atom stereocenters. The Balaban J connectivity index is 3.71. The molecule has 8 heavy (non-hydrogen) atoms. The molecule has 0 fully saturated rings. The van der Waals surface area contributed by atoms with E-state index in [-0.39, 0.29) is 0 Å². The lowest BCUT2D eigenvalue weighted by Crippen LogP contribution is -2.40. The maximum absolute atomic E-state index is 11.4. The van der Waals surface area contributed by atoms with Crippen molar-refractivity contribution >= 4 is 0 Å². The van der Waals surface area contributed by atoms with E-state index in [9.17, 15) is 17.6 Å². The average Bonchev–Trinajstić information content (AvgIpc) is 1.67. The summed E-state index contributed by atoms with van der Waals surface area (Å²) in [4.78, 5) is 0. The van der Waals surface area contributed by atoms with Gasteiger partial charge in [-0.2, -0.15) is 8.78 Å². The van der Waals surface area contributed by atoms with Crippen molar-refractivity contribution in [2.75, 3.05) is 7.05 Å². The lowest BCUT2D eigenvalue weighted by Gasteiger charge is -2.11. The van der Waals surface area contributed by atoms with Gasteiger partial charge in [0.1, 0.15) is 0 Å². The Morgan fingerprint density at radius 1 is 1.38 bits per heavy atom. The molecule has 0 aromatic heterocycles. The summed E-state index contributed by atoms with van der Waals surface area (Å²) in [6.45, 7) is 0. The van der Waals surface area contributed by atoms with E-state index >= 15 is 0 Å². The lowest BCUT2D eigenvalue weighted by atomic mass is 10.6. The Hall–Kier alpha value is -0.320. The van der Waals surface area contributed by atoms with Crippen molar-refractivity contribution in [2.24, 2.45) is 0 Å². The number of halogens is 4. The molecule has 50 valence electrons. The molecule has 0 aromatic rings. The van der Waals surface area contributed by atoms with Gasteiger partial charge >= 0.3 is 12.5 Å². The summed E-state index contributed by atoms with van der Waals surface area (Å²) in [5.74, 6) is 0. The fourth-order valence-corrected chi connectivity index (χ4v) is 0.109. The van der Waals surface area contributed by atoms with E-state index in [2.05, 4.69) is 0 Å². The topological polar surface area (TPSA) is 12.0 Å². The molecule has 0 heterocycles. The Labute approximate surface area is 43.7 Å². The minimum atomic E-state index is -4.04. The first-order valence-electron chi connectivity index (χ1n) is 1.85. The molecule has 0 unspecified atom stereocenters. The second kappa shape index (κ2) is 2.30. The largest absolute Gasteiger partial charge is 0.362 e. The molecule has 0 radical (unpaired) electrons. The summed E-state index contributed by atoms with van der Waals surface area (Å²) in [6, 6.07) is -4.04. The van der Waals surface area contributed by atoms with E-state index < -0.39 is 12.5 Å². The summed E-state index contributed by atoms with van der Waals surface area (Å²) in [6.07, 6.45) is -3.63. The third kappa shape index (κ3) is 1.65. The van der Waals surface area contributed by atoms with E-state index in [0.29, 0.717) is 0 Å². The van der Waals surface area contributed by atoms with Crippen molar-refractivity contribution in [2.45, 2.75) is 12.5 Å². The van der Waals surface area contributed by atoms with Gasteiger partial charge in [0.2, 0.25) is 0 Å². The number of rotatable bonds is 2. The zero-order valence-electron chi connectivity index (χ0n) is 4.09. The van der Waals surface area contributed by atoms with Crippen LogP contribution in [0.25, 0.3) is 0 Å². The van der Waals surface area contributed by atoms with E-state index in [4.69, 9.17) is 0 Å². The Morgan fingerprint density at radius 2 is 1.75 bits per heavy atom. The van der Waals surface area contributed by atoms with Crippen molar-refractivity contribution in [3.63, 3.8) is 0 Å². The van der Waals surface area contributed by atoms with Crippen LogP contribution in [0.4, 0.5) is 17.6 Å². The molecule has 1 N–H and O–H groups in total. The molecule has 0 saturated carbocycles. The SMILES string of the molecule is CNC(F)(F)C(F)F. The summed E-state index contributed by atoms with van der Waals surface area (Å²) in [5.41, 5.74) is 0. The fourth-order valence-electron chi connectivity index (χ4n) is 0.109. The van der Waals surface area contributed by atoms with Crippen molar-refractivity contribution in [3.8, 4) is 0 Å². The molecule has 0 rings (SSSR count). The number of alkyl halides is 4. The quantitative estimate of drug-likeness (QED) is 0.436. The molecule has 0 aromatic carbocycles. The first-order chi connectivity index (χ1) is 3.50. The minimum absolute atomic E-state index is 0.770. The molecule has 0 bridgehead atoms. The van der Waals surface area contributed by atoms with Crippen LogP contribution in [0, 0.1) is 0 Å². The van der Waals surface area contributed by atoms with Gasteiger partial charge in [-0.25, -0.2) is 8.78 Å². The third-order valence-corrected chi connectivity index (χ3v) is 0.607. The van der Waals surface area contributed by atoms with Gasteiger partial charge in [-0.15, -0.1) is 0 Å². The Kier molecular flexibility index (Phi) is 2.21. The van der Waals surface area contributed by atoms with Crippen LogP contribution in [0.1, 0.15) is 0 Å². The van der Waals surface area contributed by atoms with Crippen LogP contribution in [0.3, 0.4) is 0 Å². The smallest absolute Gasteiger partial charge is 0.256 e. The van der Waals surface area contributed by atoms with Crippen LogP contribution in [0.2, 0.25) is 0 Å². The first kappa shape index (κ1) is 7.68. The van der Waals surface area contributed by atoms with E-state index in [1.165, 1.54) is 0 Å².